The topological polar surface area (TPSA) is 0 Å². The van der Waals surface area contributed by atoms with Crippen molar-refractivity contribution in [3.8, 4) is 0 Å². The van der Waals surface area contributed by atoms with Crippen molar-refractivity contribution in [2.45, 2.75) is 0 Å². The first-order chi connectivity index (χ1) is 15.4. The average Bonchev–Trinajstić information content (AvgIpc) is 2.85. The van der Waals surface area contributed by atoms with E-state index in [1.807, 2.05) is 0 Å². The van der Waals surface area contributed by atoms with Crippen molar-refractivity contribution in [3.05, 3.63) is 127 Å². The second kappa shape index (κ2) is 7.93. The van der Waals surface area contributed by atoms with Crippen LogP contribution in [0.5, 0.6) is 0 Å². The summed E-state index contributed by atoms with van der Waals surface area (Å²) in [6, 6.07) is 47.4. The summed E-state index contributed by atoms with van der Waals surface area (Å²) in [6.07, 6.45) is 0. The molecule has 0 aliphatic heterocycles. The first-order valence-corrected chi connectivity index (χ1v) is 17.6. The van der Waals surface area contributed by atoms with Gasteiger partial charge in [-0.2, -0.15) is 0 Å². The van der Waals surface area contributed by atoms with E-state index in [1.54, 1.807) is 9.37 Å². The molecule has 6 aromatic rings. The zero-order chi connectivity index (χ0) is 20.6. The van der Waals surface area contributed by atoms with Crippen molar-refractivity contribution in [2.24, 2.45) is 0 Å². The van der Waals surface area contributed by atoms with Crippen LogP contribution in [-0.4, -0.2) is 22.7 Å². The predicted molar refractivity (Wildman–Crippen MR) is 138 cm³/mol. The molecule has 0 amide bonds. The van der Waals surface area contributed by atoms with Crippen molar-refractivity contribution in [3.63, 3.8) is 0 Å². The molecule has 6 aromatic carbocycles. The molecule has 0 radical (unpaired) electrons. The van der Waals surface area contributed by atoms with Crippen LogP contribution in [-0.2, 0) is 0 Å². The van der Waals surface area contributed by atoms with Crippen LogP contribution in [0, 0.1) is 0 Å². The average molecular weight is 590 g/mol. The van der Waals surface area contributed by atoms with E-state index >= 15 is 0 Å². The molecule has 0 N–H and O–H groups in total. The van der Waals surface area contributed by atoms with Crippen LogP contribution >= 0.6 is 0 Å². The van der Waals surface area contributed by atoms with Crippen molar-refractivity contribution < 1.29 is 0 Å². The fourth-order valence-electron chi connectivity index (χ4n) is 5.01. The molecule has 0 heterocycles. The van der Waals surface area contributed by atoms with E-state index in [2.05, 4.69) is 127 Å². The van der Waals surface area contributed by atoms with Gasteiger partial charge in [-0.3, -0.25) is 0 Å². The predicted octanol–water partition coefficient (Wildman–Crippen LogP) is 5.39. The van der Waals surface area contributed by atoms with Gasteiger partial charge >= 0.3 is 192 Å². The molecule has 0 saturated carbocycles. The van der Waals surface area contributed by atoms with Gasteiger partial charge in [-0.25, -0.2) is 0 Å². The molecular formula is C30H22Pb. The molecule has 0 bridgehead atoms. The Morgan fingerprint density at radius 2 is 0.581 bits per heavy atom. The second-order valence-corrected chi connectivity index (χ2v) is 18.8. The van der Waals surface area contributed by atoms with E-state index in [0.717, 1.165) is 0 Å². The van der Waals surface area contributed by atoms with Crippen molar-refractivity contribution in [1.29, 1.82) is 0 Å². The van der Waals surface area contributed by atoms with E-state index in [1.165, 1.54) is 32.3 Å². The molecular weight excluding hydrogens is 568 g/mol. The van der Waals surface area contributed by atoms with Crippen molar-refractivity contribution in [2.75, 3.05) is 0 Å². The summed E-state index contributed by atoms with van der Waals surface area (Å²) < 4.78 is 4.72. The molecule has 0 aliphatic rings. The standard InChI is InChI=1S/3C10H7.Pb.H/c3*1-2-6-10-8-4-3-7-9(10)5-1;;/h3*1-7H;;. The molecule has 1 heteroatoms. The van der Waals surface area contributed by atoms with E-state index in [0.29, 0.717) is 0 Å². The molecule has 6 rings (SSSR count). The van der Waals surface area contributed by atoms with Gasteiger partial charge in [-0.15, -0.1) is 0 Å². The SMILES string of the molecule is c1ccc2[c]([PbH]([c]3cccc4ccccc34)[c]3cccc4ccccc34)cccc2c1. The van der Waals surface area contributed by atoms with E-state index in [4.69, 9.17) is 0 Å². The molecule has 0 atom stereocenters. The summed E-state index contributed by atoms with van der Waals surface area (Å²) in [5.41, 5.74) is 0. The number of rotatable bonds is 3. The molecule has 0 aromatic heterocycles. The van der Waals surface area contributed by atoms with E-state index in [9.17, 15) is 0 Å². The molecule has 0 saturated heterocycles. The molecule has 0 nitrogen and oxygen atoms in total. The maximum atomic E-state index is 2.40. The molecule has 0 aliphatic carbocycles. The number of hydrogen-bond donors (Lipinski definition) is 0. The van der Waals surface area contributed by atoms with Gasteiger partial charge in [0.15, 0.2) is 0 Å². The quantitative estimate of drug-likeness (QED) is 0.243. The Labute approximate surface area is 190 Å². The summed E-state index contributed by atoms with van der Waals surface area (Å²) in [4.78, 5) is 0. The van der Waals surface area contributed by atoms with Crippen LogP contribution in [0.3, 0.4) is 0 Å². The van der Waals surface area contributed by atoms with Crippen LogP contribution < -0.4 is 9.37 Å². The van der Waals surface area contributed by atoms with Gasteiger partial charge in [0.2, 0.25) is 0 Å². The Morgan fingerprint density at radius 1 is 0.290 bits per heavy atom. The fraction of sp³-hybridized carbons (Fsp3) is 0. The summed E-state index contributed by atoms with van der Waals surface area (Å²) in [5, 5.41) is 8.26. The summed E-state index contributed by atoms with van der Waals surface area (Å²) >= 11 is -2.90. The third-order valence-corrected chi connectivity index (χ3v) is 19.5. The zero-order valence-corrected chi connectivity index (χ0v) is 21.7. The number of fused-ring (bicyclic) bond motifs is 3. The zero-order valence-electron chi connectivity index (χ0n) is 17.2. The molecule has 146 valence electrons. The summed E-state index contributed by atoms with van der Waals surface area (Å²) in [6.45, 7) is 0. The summed E-state index contributed by atoms with van der Waals surface area (Å²) in [5.74, 6) is 0. The Hall–Kier alpha value is -2.98. The minimum absolute atomic E-state index is 1.34. The fourth-order valence-corrected chi connectivity index (χ4v) is 19.2. The van der Waals surface area contributed by atoms with Gasteiger partial charge < -0.3 is 0 Å². The molecule has 0 spiro atoms. The van der Waals surface area contributed by atoms with E-state index in [-0.39, 0.29) is 0 Å². The molecule has 31 heavy (non-hydrogen) atoms. The van der Waals surface area contributed by atoms with Crippen LogP contribution in [0.2, 0.25) is 0 Å². The maximum absolute atomic E-state index is 2.90. The third kappa shape index (κ3) is 3.26. The third-order valence-electron chi connectivity index (χ3n) is 6.40. The first-order valence-electron chi connectivity index (χ1n) is 10.8. The minimum atomic E-state index is -2.90. The molecule has 0 unspecified atom stereocenters. The first kappa shape index (κ1) is 18.8. The van der Waals surface area contributed by atoms with Gasteiger partial charge in [0.25, 0.3) is 0 Å². The van der Waals surface area contributed by atoms with Crippen LogP contribution in [0.4, 0.5) is 0 Å². The van der Waals surface area contributed by atoms with Gasteiger partial charge in [0.1, 0.15) is 0 Å². The number of benzene rings is 6. The second-order valence-electron chi connectivity index (χ2n) is 8.14. The number of hydrogen-bond acceptors (Lipinski definition) is 0. The van der Waals surface area contributed by atoms with E-state index < -0.39 is 22.7 Å². The Balaban J connectivity index is 1.75. The Morgan fingerprint density at radius 3 is 0.935 bits per heavy atom. The van der Waals surface area contributed by atoms with Gasteiger partial charge in [-0.1, -0.05) is 0 Å². The van der Waals surface area contributed by atoms with Crippen molar-refractivity contribution >= 4 is 64.4 Å². The van der Waals surface area contributed by atoms with Crippen LogP contribution in [0.1, 0.15) is 0 Å². The van der Waals surface area contributed by atoms with Crippen molar-refractivity contribution in [1.82, 2.24) is 0 Å². The summed E-state index contributed by atoms with van der Waals surface area (Å²) in [7, 11) is 0. The molecule has 0 fully saturated rings. The monoisotopic (exact) mass is 590 g/mol. The van der Waals surface area contributed by atoms with Gasteiger partial charge in [0, 0.05) is 0 Å². The van der Waals surface area contributed by atoms with Gasteiger partial charge in [0.05, 0.1) is 0 Å². The Kier molecular flexibility index (Phi) is 4.80. The van der Waals surface area contributed by atoms with Crippen LogP contribution in [0.15, 0.2) is 127 Å². The van der Waals surface area contributed by atoms with Crippen LogP contribution in [0.25, 0.3) is 32.3 Å². The van der Waals surface area contributed by atoms with Gasteiger partial charge in [-0.05, 0) is 0 Å². The Bertz CT molecular complexity index is 1340. The normalized spacial score (nSPS) is 11.5.